The van der Waals surface area contributed by atoms with E-state index in [0.717, 1.165) is 18.8 Å². The monoisotopic (exact) mass is 271 g/mol. The summed E-state index contributed by atoms with van der Waals surface area (Å²) in [5.74, 6) is 1.89. The molecule has 1 fully saturated rings. The molecule has 1 saturated carbocycles. The first-order chi connectivity index (χ1) is 8.51. The van der Waals surface area contributed by atoms with Gasteiger partial charge in [-0.2, -0.15) is 0 Å². The molecule has 1 aliphatic carbocycles. The molecule has 5 nitrogen and oxygen atoms in total. The summed E-state index contributed by atoms with van der Waals surface area (Å²) < 4.78 is 26.7. The molecule has 18 heavy (non-hydrogen) atoms. The van der Waals surface area contributed by atoms with E-state index in [-0.39, 0.29) is 5.03 Å². The second kappa shape index (κ2) is 5.40. The second-order valence-corrected chi connectivity index (χ2v) is 6.92. The standard InChI is InChI=1S/C12H21N3O2S/c1-3-11-13-8-12(15-11)18(16,17)14-7-10-5-4-9(2)6-10/h8-10,14H,3-7H2,1-2H3,(H,13,15). The lowest BCUT2D eigenvalue weighted by Crippen LogP contribution is -2.28. The van der Waals surface area contributed by atoms with Crippen LogP contribution in [0.3, 0.4) is 0 Å². The lowest BCUT2D eigenvalue weighted by atomic mass is 10.1. The molecule has 0 saturated heterocycles. The van der Waals surface area contributed by atoms with Crippen LogP contribution >= 0.6 is 0 Å². The van der Waals surface area contributed by atoms with Crippen LogP contribution in [0.2, 0.25) is 0 Å². The smallest absolute Gasteiger partial charge is 0.257 e. The molecule has 0 bridgehead atoms. The van der Waals surface area contributed by atoms with Gasteiger partial charge in [-0.25, -0.2) is 18.1 Å². The van der Waals surface area contributed by atoms with Crippen LogP contribution in [0, 0.1) is 11.8 Å². The first-order valence-corrected chi connectivity index (χ1v) is 8.03. The van der Waals surface area contributed by atoms with Gasteiger partial charge in [-0.1, -0.05) is 20.3 Å². The van der Waals surface area contributed by atoms with Crippen LogP contribution in [0.4, 0.5) is 0 Å². The van der Waals surface area contributed by atoms with Crippen molar-refractivity contribution >= 4 is 10.0 Å². The van der Waals surface area contributed by atoms with Crippen molar-refractivity contribution in [2.24, 2.45) is 11.8 Å². The highest BCUT2D eigenvalue weighted by atomic mass is 32.2. The quantitative estimate of drug-likeness (QED) is 0.855. The number of sulfonamides is 1. The maximum atomic E-state index is 12.0. The summed E-state index contributed by atoms with van der Waals surface area (Å²) in [6.07, 6.45) is 5.53. The van der Waals surface area contributed by atoms with Crippen molar-refractivity contribution in [3.05, 3.63) is 12.0 Å². The van der Waals surface area contributed by atoms with Crippen molar-refractivity contribution in [2.75, 3.05) is 6.54 Å². The summed E-state index contributed by atoms with van der Waals surface area (Å²) >= 11 is 0. The Morgan fingerprint density at radius 1 is 1.50 bits per heavy atom. The van der Waals surface area contributed by atoms with Gasteiger partial charge < -0.3 is 4.98 Å². The molecule has 6 heteroatoms. The minimum Gasteiger partial charge on any atom is -0.332 e. The maximum absolute atomic E-state index is 12.0. The van der Waals surface area contributed by atoms with Gasteiger partial charge in [0, 0.05) is 13.0 Å². The fourth-order valence-corrected chi connectivity index (χ4v) is 3.53. The predicted octanol–water partition coefficient (Wildman–Crippen LogP) is 1.69. The Balaban J connectivity index is 1.95. The van der Waals surface area contributed by atoms with Gasteiger partial charge in [-0.15, -0.1) is 0 Å². The molecule has 2 atom stereocenters. The highest BCUT2D eigenvalue weighted by Crippen LogP contribution is 2.29. The van der Waals surface area contributed by atoms with Crippen LogP contribution in [-0.2, 0) is 16.4 Å². The van der Waals surface area contributed by atoms with Crippen LogP contribution in [0.5, 0.6) is 0 Å². The molecule has 1 aromatic rings. The Morgan fingerprint density at radius 2 is 2.28 bits per heavy atom. The molecule has 2 rings (SSSR count). The Morgan fingerprint density at radius 3 is 2.83 bits per heavy atom. The van der Waals surface area contributed by atoms with E-state index in [2.05, 4.69) is 21.6 Å². The molecular formula is C12H21N3O2S. The molecule has 1 aliphatic rings. The molecule has 2 N–H and O–H groups in total. The molecule has 1 heterocycles. The summed E-state index contributed by atoms with van der Waals surface area (Å²) in [5.41, 5.74) is 0. The number of aromatic nitrogens is 2. The van der Waals surface area contributed by atoms with Gasteiger partial charge in [0.25, 0.3) is 10.0 Å². The molecule has 0 amide bonds. The topological polar surface area (TPSA) is 74.8 Å². The number of H-pyrrole nitrogens is 1. The lowest BCUT2D eigenvalue weighted by Gasteiger charge is -2.10. The first kappa shape index (κ1) is 13.5. The van der Waals surface area contributed by atoms with Crippen molar-refractivity contribution in [1.29, 1.82) is 0 Å². The molecule has 0 radical (unpaired) electrons. The number of rotatable bonds is 5. The molecule has 0 spiro atoms. The molecule has 0 aromatic carbocycles. The zero-order chi connectivity index (χ0) is 13.2. The van der Waals surface area contributed by atoms with Gasteiger partial charge >= 0.3 is 0 Å². The zero-order valence-corrected chi connectivity index (χ0v) is 11.8. The van der Waals surface area contributed by atoms with E-state index in [1.165, 1.54) is 12.6 Å². The number of nitrogens with one attached hydrogen (secondary N) is 2. The van der Waals surface area contributed by atoms with Gasteiger partial charge in [-0.05, 0) is 24.7 Å². The summed E-state index contributed by atoms with van der Waals surface area (Å²) in [6.45, 7) is 4.69. The lowest BCUT2D eigenvalue weighted by molar-refractivity contribution is 0.497. The maximum Gasteiger partial charge on any atom is 0.257 e. The second-order valence-electron chi connectivity index (χ2n) is 5.18. The van der Waals surface area contributed by atoms with Crippen LogP contribution in [-0.4, -0.2) is 24.9 Å². The van der Waals surface area contributed by atoms with E-state index in [4.69, 9.17) is 0 Å². The minimum absolute atomic E-state index is 0.172. The number of hydrogen-bond acceptors (Lipinski definition) is 3. The SMILES string of the molecule is CCc1ncc(S(=O)(=O)NCC2CCC(C)C2)[nH]1. The molecule has 0 aliphatic heterocycles. The molecular weight excluding hydrogens is 250 g/mol. The van der Waals surface area contributed by atoms with Crippen LogP contribution in [0.25, 0.3) is 0 Å². The summed E-state index contributed by atoms with van der Waals surface area (Å²) in [5, 5.41) is 0.172. The van der Waals surface area contributed by atoms with E-state index in [1.807, 2.05) is 6.92 Å². The van der Waals surface area contributed by atoms with Crippen LogP contribution in [0.15, 0.2) is 11.2 Å². The Labute approximate surface area is 108 Å². The van der Waals surface area contributed by atoms with Crippen molar-refractivity contribution in [2.45, 2.75) is 44.6 Å². The third kappa shape index (κ3) is 3.11. The predicted molar refractivity (Wildman–Crippen MR) is 69.7 cm³/mol. The van der Waals surface area contributed by atoms with Crippen LogP contribution in [0.1, 0.15) is 38.9 Å². The van der Waals surface area contributed by atoms with Crippen molar-refractivity contribution in [3.8, 4) is 0 Å². The van der Waals surface area contributed by atoms with Crippen molar-refractivity contribution < 1.29 is 8.42 Å². The molecule has 2 unspecified atom stereocenters. The number of hydrogen-bond donors (Lipinski definition) is 2. The third-order valence-electron chi connectivity index (χ3n) is 3.59. The summed E-state index contributed by atoms with van der Waals surface area (Å²) in [4.78, 5) is 6.84. The van der Waals surface area contributed by atoms with Gasteiger partial charge in [0.15, 0.2) is 5.03 Å². The largest absolute Gasteiger partial charge is 0.332 e. The van der Waals surface area contributed by atoms with E-state index >= 15 is 0 Å². The van der Waals surface area contributed by atoms with Gasteiger partial charge in [0.1, 0.15) is 5.82 Å². The Kier molecular flexibility index (Phi) is 4.07. The van der Waals surface area contributed by atoms with Crippen molar-refractivity contribution in [3.63, 3.8) is 0 Å². The number of aromatic amines is 1. The third-order valence-corrected chi connectivity index (χ3v) is 4.93. The Bertz CT molecular complexity index is 495. The van der Waals surface area contributed by atoms with E-state index in [1.54, 1.807) is 0 Å². The van der Waals surface area contributed by atoms with Gasteiger partial charge in [0.2, 0.25) is 0 Å². The summed E-state index contributed by atoms with van der Waals surface area (Å²) in [6, 6.07) is 0. The first-order valence-electron chi connectivity index (χ1n) is 6.54. The highest BCUT2D eigenvalue weighted by molar-refractivity contribution is 7.89. The molecule has 1 aromatic heterocycles. The zero-order valence-electron chi connectivity index (χ0n) is 10.9. The molecule has 102 valence electrons. The fourth-order valence-electron chi connectivity index (χ4n) is 2.48. The van der Waals surface area contributed by atoms with Crippen LogP contribution < -0.4 is 4.72 Å². The highest BCUT2D eigenvalue weighted by Gasteiger charge is 2.24. The fraction of sp³-hybridized carbons (Fsp3) is 0.750. The Hall–Kier alpha value is -0.880. The van der Waals surface area contributed by atoms with Gasteiger partial charge in [-0.3, -0.25) is 0 Å². The number of imidazole rings is 1. The average molecular weight is 271 g/mol. The number of aryl methyl sites for hydroxylation is 1. The average Bonchev–Trinajstić information content (AvgIpc) is 2.95. The minimum atomic E-state index is -3.42. The van der Waals surface area contributed by atoms with E-state index in [0.29, 0.717) is 24.7 Å². The van der Waals surface area contributed by atoms with E-state index in [9.17, 15) is 8.42 Å². The normalized spacial score (nSPS) is 24.6. The number of nitrogens with zero attached hydrogens (tertiary/aromatic N) is 1. The van der Waals surface area contributed by atoms with Gasteiger partial charge in [0.05, 0.1) is 6.20 Å². The summed E-state index contributed by atoms with van der Waals surface area (Å²) in [7, 11) is -3.42. The van der Waals surface area contributed by atoms with Crippen molar-refractivity contribution in [1.82, 2.24) is 14.7 Å². The van der Waals surface area contributed by atoms with E-state index < -0.39 is 10.0 Å².